The summed E-state index contributed by atoms with van der Waals surface area (Å²) in [5.74, 6) is 0.141. The highest BCUT2D eigenvalue weighted by atomic mass is 35.5. The molecule has 7 nitrogen and oxygen atoms in total. The van der Waals surface area contributed by atoms with Crippen LogP contribution in [-0.4, -0.2) is 14.6 Å². The predicted molar refractivity (Wildman–Crippen MR) is 80.6 cm³/mol. The zero-order chi connectivity index (χ0) is 15.0. The average Bonchev–Trinajstić information content (AvgIpc) is 2.75. The number of azo groups is 1. The van der Waals surface area contributed by atoms with Crippen molar-refractivity contribution in [1.82, 2.24) is 14.6 Å². The fourth-order valence-corrected chi connectivity index (χ4v) is 2.02. The summed E-state index contributed by atoms with van der Waals surface area (Å²) in [6, 6.07) is 8.16. The molecule has 0 aliphatic carbocycles. The minimum absolute atomic E-state index is 0.141. The lowest BCUT2D eigenvalue weighted by atomic mass is 10.3. The molecule has 0 saturated heterocycles. The molecule has 3 N–H and O–H groups in total. The minimum atomic E-state index is -0.298. The molecule has 0 aliphatic rings. The lowest BCUT2D eigenvalue weighted by Crippen LogP contribution is -2.14. The van der Waals surface area contributed by atoms with Crippen LogP contribution in [0, 0.1) is 6.92 Å². The van der Waals surface area contributed by atoms with Crippen molar-refractivity contribution in [2.45, 2.75) is 6.92 Å². The summed E-state index contributed by atoms with van der Waals surface area (Å²) in [5, 5.41) is 11.8. The fourth-order valence-electron chi connectivity index (χ4n) is 1.89. The monoisotopic (exact) mass is 302 g/mol. The van der Waals surface area contributed by atoms with E-state index in [0.717, 1.165) is 0 Å². The third kappa shape index (κ3) is 2.50. The van der Waals surface area contributed by atoms with Crippen LogP contribution in [0.1, 0.15) is 5.69 Å². The van der Waals surface area contributed by atoms with E-state index in [0.29, 0.717) is 27.7 Å². The number of nitrogens with two attached hydrogens (primary N) is 1. The number of benzene rings is 1. The number of aromatic nitrogens is 3. The summed E-state index contributed by atoms with van der Waals surface area (Å²) >= 11 is 5.81. The van der Waals surface area contributed by atoms with Crippen molar-refractivity contribution in [1.29, 1.82) is 0 Å². The Morgan fingerprint density at radius 2 is 2.00 bits per heavy atom. The van der Waals surface area contributed by atoms with E-state index in [9.17, 15) is 4.79 Å². The van der Waals surface area contributed by atoms with Crippen molar-refractivity contribution in [3.8, 4) is 0 Å². The molecule has 0 unspecified atom stereocenters. The molecule has 0 amide bonds. The normalized spacial score (nSPS) is 11.5. The van der Waals surface area contributed by atoms with E-state index in [1.54, 1.807) is 31.2 Å². The Balaban J connectivity index is 2.10. The molecule has 0 radical (unpaired) electrons. The standard InChI is InChI=1S/C13H11ClN6O/c1-7-12(18-17-9-4-2-8(14)3-5-9)13-16-10(15)6-11(21)20(13)19-7/h2-6,19H,15H2,1H3. The summed E-state index contributed by atoms with van der Waals surface area (Å²) in [7, 11) is 0. The van der Waals surface area contributed by atoms with Gasteiger partial charge in [-0.15, -0.1) is 5.11 Å². The summed E-state index contributed by atoms with van der Waals surface area (Å²) < 4.78 is 1.28. The molecule has 2 aromatic heterocycles. The molecule has 1 aromatic carbocycles. The summed E-state index contributed by atoms with van der Waals surface area (Å²) in [6.45, 7) is 1.78. The number of fused-ring (bicyclic) bond motifs is 1. The van der Waals surface area contributed by atoms with Gasteiger partial charge in [0.25, 0.3) is 5.56 Å². The van der Waals surface area contributed by atoms with Crippen LogP contribution in [0.25, 0.3) is 5.65 Å². The highest BCUT2D eigenvalue weighted by Crippen LogP contribution is 2.25. The molecule has 21 heavy (non-hydrogen) atoms. The molecule has 3 aromatic rings. The van der Waals surface area contributed by atoms with Gasteiger partial charge in [0.05, 0.1) is 11.4 Å². The number of nitrogen functional groups attached to an aromatic ring is 1. The molecule has 0 saturated carbocycles. The van der Waals surface area contributed by atoms with Crippen molar-refractivity contribution < 1.29 is 0 Å². The maximum atomic E-state index is 11.8. The molecule has 106 valence electrons. The average molecular weight is 303 g/mol. The van der Waals surface area contributed by atoms with E-state index in [4.69, 9.17) is 17.3 Å². The Kier molecular flexibility index (Phi) is 3.19. The number of hydrogen-bond donors (Lipinski definition) is 2. The van der Waals surface area contributed by atoms with E-state index in [1.165, 1.54) is 10.6 Å². The van der Waals surface area contributed by atoms with E-state index in [1.807, 2.05) is 0 Å². The van der Waals surface area contributed by atoms with Crippen molar-refractivity contribution in [3.05, 3.63) is 51.4 Å². The van der Waals surface area contributed by atoms with Crippen LogP contribution >= 0.6 is 11.6 Å². The van der Waals surface area contributed by atoms with Gasteiger partial charge in [-0.3, -0.25) is 9.89 Å². The zero-order valence-electron chi connectivity index (χ0n) is 11.0. The molecule has 8 heteroatoms. The molecule has 3 rings (SSSR count). The Labute approximate surface area is 124 Å². The number of rotatable bonds is 2. The Bertz CT molecular complexity index is 893. The van der Waals surface area contributed by atoms with Gasteiger partial charge in [0.1, 0.15) is 5.82 Å². The van der Waals surface area contributed by atoms with Gasteiger partial charge in [-0.2, -0.15) is 9.63 Å². The highest BCUT2D eigenvalue weighted by molar-refractivity contribution is 6.30. The van der Waals surface area contributed by atoms with Gasteiger partial charge in [-0.05, 0) is 31.2 Å². The second-order valence-corrected chi connectivity index (χ2v) is 4.88. The van der Waals surface area contributed by atoms with Crippen molar-refractivity contribution in [2.24, 2.45) is 10.2 Å². The number of aryl methyl sites for hydroxylation is 1. The first-order valence-corrected chi connectivity index (χ1v) is 6.47. The number of hydrogen-bond acceptors (Lipinski definition) is 5. The number of nitrogens with one attached hydrogen (secondary N) is 1. The number of aromatic amines is 1. The third-order valence-electron chi connectivity index (χ3n) is 2.88. The Hall–Kier alpha value is -2.67. The van der Waals surface area contributed by atoms with Crippen molar-refractivity contribution in [2.75, 3.05) is 5.73 Å². The fraction of sp³-hybridized carbons (Fsp3) is 0.0769. The second kappa shape index (κ2) is 5.02. The van der Waals surface area contributed by atoms with Gasteiger partial charge >= 0.3 is 0 Å². The highest BCUT2D eigenvalue weighted by Gasteiger charge is 2.11. The smallest absolute Gasteiger partial charge is 0.274 e. The van der Waals surface area contributed by atoms with Crippen LogP contribution in [-0.2, 0) is 0 Å². The SMILES string of the molecule is Cc1[nH]n2c(=O)cc(N)nc2c1N=Nc1ccc(Cl)cc1. The lowest BCUT2D eigenvalue weighted by molar-refractivity contribution is 0.883. The van der Waals surface area contributed by atoms with E-state index in [-0.39, 0.29) is 11.4 Å². The third-order valence-corrected chi connectivity index (χ3v) is 3.13. The second-order valence-electron chi connectivity index (χ2n) is 4.44. The van der Waals surface area contributed by atoms with Gasteiger partial charge < -0.3 is 5.73 Å². The number of nitrogens with zero attached hydrogens (tertiary/aromatic N) is 4. The van der Waals surface area contributed by atoms with E-state index in [2.05, 4.69) is 20.3 Å². The molecule has 2 heterocycles. The van der Waals surface area contributed by atoms with Crippen LogP contribution in [0.5, 0.6) is 0 Å². The summed E-state index contributed by atoms with van der Waals surface area (Å²) in [5.41, 5.74) is 7.43. The van der Waals surface area contributed by atoms with Crippen LogP contribution in [0.3, 0.4) is 0 Å². The minimum Gasteiger partial charge on any atom is -0.383 e. The topological polar surface area (TPSA) is 101 Å². The van der Waals surface area contributed by atoms with E-state index < -0.39 is 0 Å². The van der Waals surface area contributed by atoms with Gasteiger partial charge in [-0.1, -0.05) is 11.6 Å². The molecule has 0 bridgehead atoms. The largest absolute Gasteiger partial charge is 0.383 e. The maximum Gasteiger partial charge on any atom is 0.274 e. The molecule has 0 aliphatic heterocycles. The lowest BCUT2D eigenvalue weighted by Gasteiger charge is -1.95. The van der Waals surface area contributed by atoms with Crippen LogP contribution in [0.4, 0.5) is 17.2 Å². The summed E-state index contributed by atoms with van der Waals surface area (Å²) in [4.78, 5) is 15.9. The summed E-state index contributed by atoms with van der Waals surface area (Å²) in [6.07, 6.45) is 0. The first kappa shape index (κ1) is 13.3. The first-order valence-electron chi connectivity index (χ1n) is 6.10. The maximum absolute atomic E-state index is 11.8. The number of halogens is 1. The number of anilines is 1. The Morgan fingerprint density at radius 1 is 1.29 bits per heavy atom. The Morgan fingerprint density at radius 3 is 2.71 bits per heavy atom. The first-order chi connectivity index (χ1) is 10.0. The van der Waals surface area contributed by atoms with Gasteiger partial charge in [0.2, 0.25) is 0 Å². The van der Waals surface area contributed by atoms with Gasteiger partial charge in [0.15, 0.2) is 11.3 Å². The van der Waals surface area contributed by atoms with Crippen LogP contribution in [0.2, 0.25) is 5.02 Å². The quantitative estimate of drug-likeness (QED) is 0.711. The van der Waals surface area contributed by atoms with Crippen LogP contribution in [0.15, 0.2) is 45.4 Å². The van der Waals surface area contributed by atoms with E-state index >= 15 is 0 Å². The molecular weight excluding hydrogens is 292 g/mol. The predicted octanol–water partition coefficient (Wildman–Crippen LogP) is 2.98. The zero-order valence-corrected chi connectivity index (χ0v) is 11.8. The molecule has 0 spiro atoms. The van der Waals surface area contributed by atoms with Gasteiger partial charge in [-0.25, -0.2) is 4.98 Å². The van der Waals surface area contributed by atoms with Crippen LogP contribution < -0.4 is 11.3 Å². The number of H-pyrrole nitrogens is 1. The van der Waals surface area contributed by atoms with Gasteiger partial charge in [0, 0.05) is 11.1 Å². The molecule has 0 fully saturated rings. The molecular formula is C13H11ClN6O. The molecule has 0 atom stereocenters. The van der Waals surface area contributed by atoms with Crippen molar-refractivity contribution in [3.63, 3.8) is 0 Å². The van der Waals surface area contributed by atoms with Crippen molar-refractivity contribution >= 4 is 34.4 Å².